The number of hydrogen-bond donors (Lipinski definition) is 1. The number of methoxy groups -OCH3 is 1. The van der Waals surface area contributed by atoms with Crippen LogP contribution in [0.15, 0.2) is 18.2 Å². The molecule has 2 aromatic heterocycles. The normalized spacial score (nSPS) is 12.1. The van der Waals surface area contributed by atoms with E-state index in [-0.39, 0.29) is 12.4 Å². The number of aromatic nitrogens is 2. The first-order valence-corrected chi connectivity index (χ1v) is 4.80. The van der Waals surface area contributed by atoms with Crippen LogP contribution < -0.4 is 10.5 Å². The molecule has 4 nitrogen and oxygen atoms in total. The van der Waals surface area contributed by atoms with Crippen molar-refractivity contribution in [1.29, 1.82) is 0 Å². The van der Waals surface area contributed by atoms with E-state index in [4.69, 9.17) is 10.5 Å². The van der Waals surface area contributed by atoms with Crippen molar-refractivity contribution in [3.8, 4) is 5.88 Å². The van der Waals surface area contributed by atoms with Gasteiger partial charge in [-0.15, -0.1) is 0 Å². The maximum absolute atomic E-state index is 12.5. The summed E-state index contributed by atoms with van der Waals surface area (Å²) in [6.07, 6.45) is -4.48. The molecule has 2 N–H and O–H groups in total. The van der Waals surface area contributed by atoms with Gasteiger partial charge in [-0.3, -0.25) is 0 Å². The number of rotatable bonds is 2. The molecule has 0 fully saturated rings. The number of nitrogens with zero attached hydrogens (tertiary/aromatic N) is 2. The number of hydrogen-bond acceptors (Lipinski definition) is 3. The summed E-state index contributed by atoms with van der Waals surface area (Å²) in [5, 5.41) is 3.47. The second-order valence-corrected chi connectivity index (χ2v) is 3.43. The van der Waals surface area contributed by atoms with Crippen LogP contribution in [0.5, 0.6) is 5.88 Å². The van der Waals surface area contributed by atoms with Crippen LogP contribution >= 0.6 is 0 Å². The summed E-state index contributed by atoms with van der Waals surface area (Å²) in [7, 11) is 1.37. The lowest BCUT2D eigenvalue weighted by Crippen LogP contribution is -2.06. The van der Waals surface area contributed by atoms with Crippen LogP contribution in [0.2, 0.25) is 0 Å². The molecule has 17 heavy (non-hydrogen) atoms. The topological polar surface area (TPSA) is 52.5 Å². The summed E-state index contributed by atoms with van der Waals surface area (Å²) in [6, 6.07) is 4.11. The molecule has 0 saturated carbocycles. The van der Waals surface area contributed by atoms with Gasteiger partial charge in [0.2, 0.25) is 5.88 Å². The third-order valence-corrected chi connectivity index (χ3v) is 2.39. The molecule has 0 radical (unpaired) electrons. The van der Waals surface area contributed by atoms with E-state index in [0.717, 1.165) is 10.6 Å². The van der Waals surface area contributed by atoms with Gasteiger partial charge < -0.3 is 10.5 Å². The lowest BCUT2D eigenvalue weighted by molar-refractivity contribution is -0.141. The lowest BCUT2D eigenvalue weighted by atomic mass is 10.2. The summed E-state index contributed by atoms with van der Waals surface area (Å²) >= 11 is 0. The second-order valence-electron chi connectivity index (χ2n) is 3.43. The van der Waals surface area contributed by atoms with Crippen molar-refractivity contribution in [3.05, 3.63) is 29.5 Å². The number of ether oxygens (including phenoxy) is 1. The second kappa shape index (κ2) is 3.92. The van der Waals surface area contributed by atoms with Gasteiger partial charge in [-0.1, -0.05) is 6.07 Å². The molecule has 0 saturated heterocycles. The summed E-state index contributed by atoms with van der Waals surface area (Å²) in [4.78, 5) is 0. The predicted octanol–water partition coefficient (Wildman–Crippen LogP) is 1.82. The van der Waals surface area contributed by atoms with Crippen molar-refractivity contribution in [2.75, 3.05) is 7.11 Å². The smallest absolute Gasteiger partial charge is 0.435 e. The molecule has 2 heterocycles. The van der Waals surface area contributed by atoms with Crippen molar-refractivity contribution in [2.24, 2.45) is 5.73 Å². The Labute approximate surface area is 94.8 Å². The molecule has 0 aliphatic heterocycles. The Balaban J connectivity index is 2.72. The highest BCUT2D eigenvalue weighted by atomic mass is 19.4. The maximum atomic E-state index is 12.5. The highest BCUT2D eigenvalue weighted by Gasteiger charge is 2.34. The van der Waals surface area contributed by atoms with Gasteiger partial charge in [-0.05, 0) is 11.6 Å². The van der Waals surface area contributed by atoms with Crippen LogP contribution in [0.4, 0.5) is 13.2 Å². The van der Waals surface area contributed by atoms with Gasteiger partial charge in [0.1, 0.15) is 0 Å². The van der Waals surface area contributed by atoms with Crippen molar-refractivity contribution < 1.29 is 17.9 Å². The van der Waals surface area contributed by atoms with E-state index in [0.29, 0.717) is 11.1 Å². The van der Waals surface area contributed by atoms with E-state index >= 15 is 0 Å². The number of pyridine rings is 1. The van der Waals surface area contributed by atoms with Crippen LogP contribution in [0.1, 0.15) is 11.3 Å². The average Bonchev–Trinajstić information content (AvgIpc) is 2.72. The van der Waals surface area contributed by atoms with Crippen molar-refractivity contribution in [1.82, 2.24) is 9.61 Å². The maximum Gasteiger partial charge on any atom is 0.435 e. The quantitative estimate of drug-likeness (QED) is 0.878. The molecule has 0 atom stereocenters. The fourth-order valence-electron chi connectivity index (χ4n) is 1.57. The minimum Gasteiger partial charge on any atom is -0.481 e. The van der Waals surface area contributed by atoms with Crippen molar-refractivity contribution >= 4 is 5.52 Å². The van der Waals surface area contributed by atoms with E-state index in [1.165, 1.54) is 13.2 Å². The van der Waals surface area contributed by atoms with Crippen LogP contribution in [0, 0.1) is 0 Å². The Bertz CT molecular complexity index is 506. The molecule has 0 aromatic carbocycles. The minimum absolute atomic E-state index is 0.135. The summed E-state index contributed by atoms with van der Waals surface area (Å²) in [5.74, 6) is 0.229. The molecular formula is C10H10F3N3O. The average molecular weight is 245 g/mol. The molecule has 7 heteroatoms. The van der Waals surface area contributed by atoms with Gasteiger partial charge in [0.15, 0.2) is 5.69 Å². The lowest BCUT2D eigenvalue weighted by Gasteiger charge is -2.05. The summed E-state index contributed by atoms with van der Waals surface area (Å²) in [5.41, 5.74) is 5.38. The van der Waals surface area contributed by atoms with E-state index < -0.39 is 11.9 Å². The van der Waals surface area contributed by atoms with Crippen LogP contribution in [-0.4, -0.2) is 16.7 Å². The zero-order chi connectivity index (χ0) is 12.6. The van der Waals surface area contributed by atoms with E-state index in [1.807, 2.05) is 0 Å². The fourth-order valence-corrected chi connectivity index (χ4v) is 1.57. The molecule has 0 unspecified atom stereocenters. The Kier molecular flexibility index (Phi) is 2.70. The molecule has 0 aliphatic rings. The van der Waals surface area contributed by atoms with Crippen molar-refractivity contribution in [2.45, 2.75) is 12.7 Å². The van der Waals surface area contributed by atoms with Gasteiger partial charge in [0.05, 0.1) is 12.6 Å². The van der Waals surface area contributed by atoms with Crippen LogP contribution in [0.3, 0.4) is 0 Å². The highest BCUT2D eigenvalue weighted by molar-refractivity contribution is 5.57. The van der Waals surface area contributed by atoms with Gasteiger partial charge >= 0.3 is 6.18 Å². The van der Waals surface area contributed by atoms with Crippen LogP contribution in [-0.2, 0) is 12.7 Å². The SMILES string of the molecule is COc1ccc(CN)c2cc(C(F)(F)F)nn12. The van der Waals surface area contributed by atoms with E-state index in [2.05, 4.69) is 5.10 Å². The monoisotopic (exact) mass is 245 g/mol. The Hall–Kier alpha value is -1.76. The first-order chi connectivity index (χ1) is 7.97. The largest absolute Gasteiger partial charge is 0.481 e. The summed E-state index contributed by atoms with van der Waals surface area (Å²) in [6.45, 7) is 0.135. The first-order valence-electron chi connectivity index (χ1n) is 4.80. The zero-order valence-electron chi connectivity index (χ0n) is 8.95. The molecule has 0 amide bonds. The summed E-state index contributed by atoms with van der Waals surface area (Å²) < 4.78 is 43.7. The first kappa shape index (κ1) is 11.7. The minimum atomic E-state index is -4.48. The molecule has 2 rings (SSSR count). The van der Waals surface area contributed by atoms with Crippen LogP contribution in [0.25, 0.3) is 5.52 Å². The molecule has 0 bridgehead atoms. The number of fused-ring (bicyclic) bond motifs is 1. The van der Waals surface area contributed by atoms with E-state index in [9.17, 15) is 13.2 Å². The van der Waals surface area contributed by atoms with E-state index in [1.54, 1.807) is 6.07 Å². The third-order valence-electron chi connectivity index (χ3n) is 2.39. The number of nitrogens with two attached hydrogens (primary N) is 1. The highest BCUT2D eigenvalue weighted by Crippen LogP contribution is 2.31. The third kappa shape index (κ3) is 1.93. The zero-order valence-corrected chi connectivity index (χ0v) is 8.95. The molecule has 0 aliphatic carbocycles. The van der Waals surface area contributed by atoms with Gasteiger partial charge in [-0.25, -0.2) is 4.52 Å². The molecule has 92 valence electrons. The van der Waals surface area contributed by atoms with Crippen molar-refractivity contribution in [3.63, 3.8) is 0 Å². The Morgan fingerprint density at radius 2 is 2.12 bits per heavy atom. The Morgan fingerprint density at radius 3 is 2.65 bits per heavy atom. The molecule has 0 spiro atoms. The molecule has 2 aromatic rings. The molecular weight excluding hydrogens is 235 g/mol. The van der Waals surface area contributed by atoms with Gasteiger partial charge in [-0.2, -0.15) is 18.3 Å². The number of alkyl halides is 3. The fraction of sp³-hybridized carbons (Fsp3) is 0.300. The Morgan fingerprint density at radius 1 is 1.41 bits per heavy atom. The van der Waals surface area contributed by atoms with Gasteiger partial charge in [0.25, 0.3) is 0 Å². The predicted molar refractivity (Wildman–Crippen MR) is 54.6 cm³/mol. The standard InChI is InChI=1S/C10H10F3N3O/c1-17-9-3-2-6(5-14)7-4-8(10(11,12)13)15-16(7)9/h2-4H,5,14H2,1H3. The number of halogens is 3. The van der Waals surface area contributed by atoms with Gasteiger partial charge in [0, 0.05) is 12.6 Å².